The minimum atomic E-state index is -1.11. The summed E-state index contributed by atoms with van der Waals surface area (Å²) in [7, 11) is 1.42. The summed E-state index contributed by atoms with van der Waals surface area (Å²) < 4.78 is 10.1. The first kappa shape index (κ1) is 18.9. The monoisotopic (exact) mass is 383 g/mol. The van der Waals surface area contributed by atoms with Gasteiger partial charge in [0.25, 0.3) is 5.91 Å². The number of hydrogen-bond donors (Lipinski definition) is 2. The summed E-state index contributed by atoms with van der Waals surface area (Å²) in [6.07, 6.45) is -1.11. The summed E-state index contributed by atoms with van der Waals surface area (Å²) >= 11 is 11.7. The number of carbonyl (C=O) groups is 2. The van der Waals surface area contributed by atoms with Gasteiger partial charge in [-0.05, 0) is 43.3 Å². The van der Waals surface area contributed by atoms with Crippen LogP contribution in [0.15, 0.2) is 36.4 Å². The van der Waals surface area contributed by atoms with E-state index in [4.69, 9.17) is 32.7 Å². The van der Waals surface area contributed by atoms with Crippen LogP contribution in [0.4, 0.5) is 5.69 Å². The molecule has 25 heavy (non-hydrogen) atoms. The second-order valence-electron chi connectivity index (χ2n) is 5.08. The molecule has 0 radical (unpaired) electrons. The predicted octanol–water partition coefficient (Wildman–Crippen LogP) is 3.89. The molecule has 2 aromatic carbocycles. The molecule has 1 unspecified atom stereocenters. The number of phenols is 1. The lowest BCUT2D eigenvalue weighted by Gasteiger charge is -2.14. The molecule has 0 aliphatic rings. The minimum absolute atomic E-state index is 0.107. The Labute approximate surface area is 154 Å². The van der Waals surface area contributed by atoms with Gasteiger partial charge in [-0.2, -0.15) is 0 Å². The van der Waals surface area contributed by atoms with Crippen LogP contribution in [0.3, 0.4) is 0 Å². The number of methoxy groups -OCH3 is 1. The molecular formula is C17H15Cl2NO5. The van der Waals surface area contributed by atoms with E-state index in [0.29, 0.717) is 21.5 Å². The van der Waals surface area contributed by atoms with Gasteiger partial charge in [0, 0.05) is 15.7 Å². The number of amides is 1. The number of anilines is 1. The molecule has 0 aliphatic heterocycles. The smallest absolute Gasteiger partial charge is 0.342 e. The number of halogens is 2. The van der Waals surface area contributed by atoms with Crippen LogP contribution in [0.2, 0.25) is 10.0 Å². The van der Waals surface area contributed by atoms with Crippen molar-refractivity contribution in [1.29, 1.82) is 0 Å². The van der Waals surface area contributed by atoms with Crippen LogP contribution in [0.25, 0.3) is 0 Å². The Bertz CT molecular complexity index is 789. The maximum absolute atomic E-state index is 12.1. The van der Waals surface area contributed by atoms with E-state index in [-0.39, 0.29) is 11.3 Å². The lowest BCUT2D eigenvalue weighted by atomic mass is 10.2. The maximum atomic E-state index is 12.1. The van der Waals surface area contributed by atoms with Crippen LogP contribution < -0.4 is 10.1 Å². The third-order valence-corrected chi connectivity index (χ3v) is 3.64. The van der Waals surface area contributed by atoms with Crippen molar-refractivity contribution in [3.05, 3.63) is 52.0 Å². The largest absolute Gasteiger partial charge is 0.507 e. The molecule has 0 bridgehead atoms. The lowest BCUT2D eigenvalue weighted by Crippen LogP contribution is -2.30. The van der Waals surface area contributed by atoms with Crippen molar-refractivity contribution in [2.75, 3.05) is 12.4 Å². The lowest BCUT2D eigenvalue weighted by molar-refractivity contribution is -0.123. The number of rotatable bonds is 5. The van der Waals surface area contributed by atoms with Gasteiger partial charge in [0.15, 0.2) is 6.10 Å². The first-order chi connectivity index (χ1) is 11.8. The standard InChI is InChI=1S/C17H15Cl2NO5/c1-9(16(22)20-12-6-10(18)5-11(19)7-12)25-17(23)14-8-13(24-2)3-4-15(14)21/h3-9,21H,1-2H3,(H,20,22). The summed E-state index contributed by atoms with van der Waals surface area (Å²) in [5, 5.41) is 13.0. The zero-order valence-corrected chi connectivity index (χ0v) is 14.9. The van der Waals surface area contributed by atoms with E-state index < -0.39 is 18.0 Å². The van der Waals surface area contributed by atoms with Gasteiger partial charge in [-0.15, -0.1) is 0 Å². The SMILES string of the molecule is COc1ccc(O)c(C(=O)OC(C)C(=O)Nc2cc(Cl)cc(Cl)c2)c1. The van der Waals surface area contributed by atoms with E-state index in [1.54, 1.807) is 0 Å². The molecule has 0 spiro atoms. The van der Waals surface area contributed by atoms with Gasteiger partial charge in [0.1, 0.15) is 17.1 Å². The molecule has 0 saturated carbocycles. The molecule has 2 aromatic rings. The molecule has 0 aromatic heterocycles. The fraction of sp³-hybridized carbons (Fsp3) is 0.176. The summed E-state index contributed by atoms with van der Waals surface area (Å²) in [5.41, 5.74) is 0.263. The first-order valence-electron chi connectivity index (χ1n) is 7.15. The molecule has 8 heteroatoms. The summed E-state index contributed by atoms with van der Waals surface area (Å²) in [6, 6.07) is 8.65. The number of esters is 1. The van der Waals surface area contributed by atoms with Gasteiger partial charge < -0.3 is 19.9 Å². The number of benzene rings is 2. The highest BCUT2D eigenvalue weighted by Crippen LogP contribution is 2.25. The maximum Gasteiger partial charge on any atom is 0.342 e. The van der Waals surface area contributed by atoms with E-state index in [9.17, 15) is 14.7 Å². The minimum Gasteiger partial charge on any atom is -0.507 e. The predicted molar refractivity (Wildman–Crippen MR) is 94.6 cm³/mol. The van der Waals surface area contributed by atoms with E-state index in [2.05, 4.69) is 5.32 Å². The van der Waals surface area contributed by atoms with Crippen LogP contribution in [0.1, 0.15) is 17.3 Å². The molecule has 0 fully saturated rings. The Kier molecular flexibility index (Phi) is 6.12. The van der Waals surface area contributed by atoms with Crippen molar-refractivity contribution in [2.45, 2.75) is 13.0 Å². The second-order valence-corrected chi connectivity index (χ2v) is 5.95. The number of aromatic hydroxyl groups is 1. The van der Waals surface area contributed by atoms with E-state index in [1.165, 1.54) is 50.4 Å². The number of nitrogens with one attached hydrogen (secondary N) is 1. The van der Waals surface area contributed by atoms with Crippen molar-refractivity contribution >= 4 is 40.8 Å². The van der Waals surface area contributed by atoms with Crippen LogP contribution in [0.5, 0.6) is 11.5 Å². The van der Waals surface area contributed by atoms with Gasteiger partial charge in [-0.3, -0.25) is 4.79 Å². The van der Waals surface area contributed by atoms with E-state index >= 15 is 0 Å². The second kappa shape index (κ2) is 8.09. The average molecular weight is 384 g/mol. The number of carbonyl (C=O) groups excluding carboxylic acids is 2. The molecule has 1 amide bonds. The molecule has 132 valence electrons. The summed E-state index contributed by atoms with van der Waals surface area (Å²) in [6.45, 7) is 1.40. The van der Waals surface area contributed by atoms with E-state index in [1.807, 2.05) is 0 Å². The van der Waals surface area contributed by atoms with Crippen LogP contribution >= 0.6 is 23.2 Å². The molecule has 0 aliphatic carbocycles. The van der Waals surface area contributed by atoms with Gasteiger partial charge in [0.2, 0.25) is 0 Å². The van der Waals surface area contributed by atoms with Crippen LogP contribution in [0, 0.1) is 0 Å². The zero-order valence-electron chi connectivity index (χ0n) is 13.4. The van der Waals surface area contributed by atoms with Crippen molar-refractivity contribution < 1.29 is 24.2 Å². The Balaban J connectivity index is 2.06. The third kappa shape index (κ3) is 5.01. The Morgan fingerprint density at radius 3 is 2.36 bits per heavy atom. The van der Waals surface area contributed by atoms with Gasteiger partial charge in [0.05, 0.1) is 7.11 Å². The molecular weight excluding hydrogens is 369 g/mol. The molecule has 2 N–H and O–H groups in total. The van der Waals surface area contributed by atoms with Crippen molar-refractivity contribution in [3.63, 3.8) is 0 Å². The third-order valence-electron chi connectivity index (χ3n) is 3.21. The average Bonchev–Trinajstić information content (AvgIpc) is 2.54. The quantitative estimate of drug-likeness (QED) is 0.764. The molecule has 2 rings (SSSR count). The molecule has 6 nitrogen and oxygen atoms in total. The van der Waals surface area contributed by atoms with E-state index in [0.717, 1.165) is 0 Å². The topological polar surface area (TPSA) is 84.9 Å². The van der Waals surface area contributed by atoms with Gasteiger partial charge in [-0.1, -0.05) is 23.2 Å². The highest BCUT2D eigenvalue weighted by atomic mass is 35.5. The van der Waals surface area contributed by atoms with Gasteiger partial charge >= 0.3 is 5.97 Å². The van der Waals surface area contributed by atoms with Crippen LogP contribution in [-0.2, 0) is 9.53 Å². The van der Waals surface area contributed by atoms with Crippen LogP contribution in [-0.4, -0.2) is 30.2 Å². The Morgan fingerprint density at radius 1 is 1.12 bits per heavy atom. The first-order valence-corrected chi connectivity index (χ1v) is 7.90. The van der Waals surface area contributed by atoms with Gasteiger partial charge in [-0.25, -0.2) is 4.79 Å². The number of ether oxygens (including phenoxy) is 2. The number of phenolic OH excluding ortho intramolecular Hbond substituents is 1. The normalized spacial score (nSPS) is 11.5. The summed E-state index contributed by atoms with van der Waals surface area (Å²) in [5.74, 6) is -1.34. The van der Waals surface area contributed by atoms with Crippen molar-refractivity contribution in [2.24, 2.45) is 0 Å². The molecule has 0 saturated heterocycles. The Morgan fingerprint density at radius 2 is 1.76 bits per heavy atom. The molecule has 1 atom stereocenters. The van der Waals surface area contributed by atoms with Crippen molar-refractivity contribution in [1.82, 2.24) is 0 Å². The highest BCUT2D eigenvalue weighted by Gasteiger charge is 2.21. The number of hydrogen-bond acceptors (Lipinski definition) is 5. The Hall–Kier alpha value is -2.44. The summed E-state index contributed by atoms with van der Waals surface area (Å²) in [4.78, 5) is 24.3. The van der Waals surface area contributed by atoms with Crippen molar-refractivity contribution in [3.8, 4) is 11.5 Å². The fourth-order valence-electron chi connectivity index (χ4n) is 1.95. The fourth-order valence-corrected chi connectivity index (χ4v) is 2.48. The zero-order chi connectivity index (χ0) is 18.6. The molecule has 0 heterocycles. The highest BCUT2D eigenvalue weighted by molar-refractivity contribution is 6.35.